The van der Waals surface area contributed by atoms with Gasteiger partial charge in [0.2, 0.25) is 0 Å². The van der Waals surface area contributed by atoms with E-state index in [2.05, 4.69) is 28.7 Å². The SMILES string of the molecule is CC1CCn2nc(C3CCCN3C)nc2C1. The summed E-state index contributed by atoms with van der Waals surface area (Å²) in [5.41, 5.74) is 0. The van der Waals surface area contributed by atoms with E-state index in [-0.39, 0.29) is 0 Å². The molecule has 0 radical (unpaired) electrons. The summed E-state index contributed by atoms with van der Waals surface area (Å²) in [4.78, 5) is 7.12. The number of likely N-dealkylation sites (tertiary alicyclic amines) is 1. The number of hydrogen-bond acceptors (Lipinski definition) is 3. The Morgan fingerprint density at radius 1 is 1.25 bits per heavy atom. The van der Waals surface area contributed by atoms with Crippen LogP contribution in [0.15, 0.2) is 0 Å². The number of hydrogen-bond donors (Lipinski definition) is 0. The van der Waals surface area contributed by atoms with Crippen LogP contribution in [0.5, 0.6) is 0 Å². The van der Waals surface area contributed by atoms with Crippen LogP contribution in [-0.2, 0) is 13.0 Å². The highest BCUT2D eigenvalue weighted by Gasteiger charge is 2.28. The topological polar surface area (TPSA) is 34.0 Å². The standard InChI is InChI=1S/C12H20N4/c1-9-5-7-16-11(8-9)13-12(14-16)10-4-3-6-15(10)2/h9-10H,3-8H2,1-2H3. The fourth-order valence-electron chi connectivity index (χ4n) is 2.86. The van der Waals surface area contributed by atoms with Crippen molar-refractivity contribution in [2.45, 2.75) is 45.2 Å². The van der Waals surface area contributed by atoms with E-state index in [0.717, 1.165) is 24.7 Å². The fraction of sp³-hybridized carbons (Fsp3) is 0.833. The minimum absolute atomic E-state index is 0.466. The highest BCUT2D eigenvalue weighted by molar-refractivity contribution is 5.03. The van der Waals surface area contributed by atoms with Crippen LogP contribution in [0.4, 0.5) is 0 Å². The summed E-state index contributed by atoms with van der Waals surface area (Å²) in [6.07, 6.45) is 4.84. The number of rotatable bonds is 1. The first-order valence-corrected chi connectivity index (χ1v) is 6.38. The summed E-state index contributed by atoms with van der Waals surface area (Å²) in [5, 5.41) is 4.68. The van der Waals surface area contributed by atoms with Crippen molar-refractivity contribution in [3.63, 3.8) is 0 Å². The molecule has 0 amide bonds. The van der Waals surface area contributed by atoms with Crippen molar-refractivity contribution >= 4 is 0 Å². The Balaban J connectivity index is 1.86. The first-order chi connectivity index (χ1) is 7.74. The van der Waals surface area contributed by atoms with Gasteiger partial charge in [-0.1, -0.05) is 6.92 Å². The Morgan fingerprint density at radius 3 is 2.88 bits per heavy atom. The molecule has 88 valence electrons. The molecule has 1 aromatic rings. The maximum absolute atomic E-state index is 4.74. The van der Waals surface area contributed by atoms with Gasteiger partial charge in [0.15, 0.2) is 5.82 Å². The maximum atomic E-state index is 4.74. The van der Waals surface area contributed by atoms with E-state index in [0.29, 0.717) is 6.04 Å². The molecule has 2 unspecified atom stereocenters. The van der Waals surface area contributed by atoms with Gasteiger partial charge in [-0.25, -0.2) is 9.67 Å². The van der Waals surface area contributed by atoms with E-state index < -0.39 is 0 Å². The normalized spacial score (nSPS) is 30.6. The molecule has 0 aliphatic carbocycles. The predicted octanol–water partition coefficient (Wildman–Crippen LogP) is 1.63. The molecule has 2 aliphatic heterocycles. The zero-order chi connectivity index (χ0) is 11.1. The lowest BCUT2D eigenvalue weighted by Crippen LogP contribution is -2.19. The lowest BCUT2D eigenvalue weighted by Gasteiger charge is -2.17. The van der Waals surface area contributed by atoms with Gasteiger partial charge < -0.3 is 0 Å². The van der Waals surface area contributed by atoms with E-state index >= 15 is 0 Å². The van der Waals surface area contributed by atoms with E-state index in [1.807, 2.05) is 0 Å². The van der Waals surface area contributed by atoms with Gasteiger partial charge in [-0.3, -0.25) is 4.90 Å². The molecule has 2 atom stereocenters. The fourth-order valence-corrected chi connectivity index (χ4v) is 2.86. The molecule has 1 saturated heterocycles. The zero-order valence-electron chi connectivity index (χ0n) is 10.2. The molecule has 16 heavy (non-hydrogen) atoms. The molecule has 0 saturated carbocycles. The van der Waals surface area contributed by atoms with Crippen molar-refractivity contribution < 1.29 is 0 Å². The summed E-state index contributed by atoms with van der Waals surface area (Å²) in [7, 11) is 2.18. The minimum Gasteiger partial charge on any atom is -0.296 e. The second kappa shape index (κ2) is 3.84. The third-order valence-electron chi connectivity index (χ3n) is 3.95. The van der Waals surface area contributed by atoms with E-state index in [9.17, 15) is 0 Å². The highest BCUT2D eigenvalue weighted by atomic mass is 15.4. The molecular formula is C12H20N4. The molecule has 1 aromatic heterocycles. The van der Waals surface area contributed by atoms with Crippen molar-refractivity contribution in [2.75, 3.05) is 13.6 Å². The molecule has 0 spiro atoms. The van der Waals surface area contributed by atoms with Gasteiger partial charge in [0.1, 0.15) is 5.82 Å². The Hall–Kier alpha value is -0.900. The van der Waals surface area contributed by atoms with Crippen LogP contribution in [0.25, 0.3) is 0 Å². The second-order valence-electron chi connectivity index (χ2n) is 5.35. The van der Waals surface area contributed by atoms with Crippen LogP contribution < -0.4 is 0 Å². The number of aryl methyl sites for hydroxylation is 1. The van der Waals surface area contributed by atoms with Gasteiger partial charge in [0.25, 0.3) is 0 Å². The lowest BCUT2D eigenvalue weighted by atomic mass is 10.0. The van der Waals surface area contributed by atoms with Gasteiger partial charge in [-0.05, 0) is 38.8 Å². The summed E-state index contributed by atoms with van der Waals surface area (Å²) in [6, 6.07) is 0.466. The van der Waals surface area contributed by atoms with Crippen molar-refractivity contribution in [3.05, 3.63) is 11.6 Å². The van der Waals surface area contributed by atoms with E-state index in [4.69, 9.17) is 4.98 Å². The Labute approximate surface area is 96.7 Å². The van der Waals surface area contributed by atoms with Gasteiger partial charge in [-0.15, -0.1) is 0 Å². The molecule has 0 N–H and O–H groups in total. The maximum Gasteiger partial charge on any atom is 0.168 e. The highest BCUT2D eigenvalue weighted by Crippen LogP contribution is 2.29. The third kappa shape index (κ3) is 1.65. The summed E-state index contributed by atoms with van der Waals surface area (Å²) < 4.78 is 2.13. The van der Waals surface area contributed by atoms with Gasteiger partial charge >= 0.3 is 0 Å². The molecule has 4 nitrogen and oxygen atoms in total. The predicted molar refractivity (Wildman–Crippen MR) is 62.1 cm³/mol. The first kappa shape index (κ1) is 10.3. The van der Waals surface area contributed by atoms with Crippen LogP contribution in [0.3, 0.4) is 0 Å². The van der Waals surface area contributed by atoms with E-state index in [1.54, 1.807) is 0 Å². The Morgan fingerprint density at radius 2 is 2.12 bits per heavy atom. The van der Waals surface area contributed by atoms with Crippen LogP contribution in [0, 0.1) is 5.92 Å². The Bertz CT molecular complexity index is 384. The summed E-state index contributed by atoms with van der Waals surface area (Å²) in [5.74, 6) is 3.03. The van der Waals surface area contributed by atoms with Crippen molar-refractivity contribution in [3.8, 4) is 0 Å². The molecule has 1 fully saturated rings. The number of nitrogens with zero attached hydrogens (tertiary/aromatic N) is 4. The van der Waals surface area contributed by atoms with Crippen molar-refractivity contribution in [1.29, 1.82) is 0 Å². The summed E-state index contributed by atoms with van der Waals surface area (Å²) >= 11 is 0. The second-order valence-corrected chi connectivity index (χ2v) is 5.35. The average Bonchev–Trinajstić information content (AvgIpc) is 2.82. The quantitative estimate of drug-likeness (QED) is 0.721. The molecule has 0 aromatic carbocycles. The minimum atomic E-state index is 0.466. The van der Waals surface area contributed by atoms with Crippen molar-refractivity contribution in [2.24, 2.45) is 5.92 Å². The lowest BCUT2D eigenvalue weighted by molar-refractivity contribution is 0.304. The van der Waals surface area contributed by atoms with Crippen molar-refractivity contribution in [1.82, 2.24) is 19.7 Å². The molecule has 3 heterocycles. The smallest absolute Gasteiger partial charge is 0.168 e. The van der Waals surface area contributed by atoms with Gasteiger partial charge in [0, 0.05) is 13.0 Å². The Kier molecular flexibility index (Phi) is 2.46. The molecule has 3 rings (SSSR count). The molecular weight excluding hydrogens is 200 g/mol. The summed E-state index contributed by atoms with van der Waals surface area (Å²) in [6.45, 7) is 4.55. The van der Waals surface area contributed by atoms with Gasteiger partial charge in [-0.2, -0.15) is 5.10 Å². The number of aromatic nitrogens is 3. The third-order valence-corrected chi connectivity index (χ3v) is 3.95. The van der Waals surface area contributed by atoms with Crippen LogP contribution in [-0.4, -0.2) is 33.3 Å². The largest absolute Gasteiger partial charge is 0.296 e. The van der Waals surface area contributed by atoms with Crippen LogP contribution >= 0.6 is 0 Å². The van der Waals surface area contributed by atoms with Crippen LogP contribution in [0.1, 0.15) is 43.9 Å². The van der Waals surface area contributed by atoms with E-state index in [1.165, 1.54) is 31.6 Å². The molecule has 4 heteroatoms. The first-order valence-electron chi connectivity index (χ1n) is 6.38. The number of fused-ring (bicyclic) bond motifs is 1. The monoisotopic (exact) mass is 220 g/mol. The zero-order valence-corrected chi connectivity index (χ0v) is 10.2. The van der Waals surface area contributed by atoms with Gasteiger partial charge in [0.05, 0.1) is 6.04 Å². The molecule has 0 bridgehead atoms. The van der Waals surface area contributed by atoms with Crippen LogP contribution in [0.2, 0.25) is 0 Å². The average molecular weight is 220 g/mol. The molecule has 2 aliphatic rings.